The molecule has 1 aromatic carbocycles. The average molecular weight is 331 g/mol. The minimum Gasteiger partial charge on any atom is -0.497 e. The van der Waals surface area contributed by atoms with Crippen LogP contribution in [0.4, 0.5) is 0 Å². The van der Waals surface area contributed by atoms with Gasteiger partial charge in [0.1, 0.15) is 11.4 Å². The lowest BCUT2D eigenvalue weighted by atomic mass is 10.1. The van der Waals surface area contributed by atoms with Crippen LogP contribution in [0.3, 0.4) is 0 Å². The molecular formula is C17H21N3O4. The van der Waals surface area contributed by atoms with Crippen LogP contribution in [0.1, 0.15) is 23.3 Å². The fourth-order valence-electron chi connectivity index (χ4n) is 3.05. The molecule has 1 aliphatic rings. The number of carbonyl (C=O) groups excluding carboxylic acids is 1. The molecule has 1 saturated carbocycles. The van der Waals surface area contributed by atoms with Crippen LogP contribution in [0.5, 0.6) is 5.75 Å². The number of ether oxygens (including phenoxy) is 1. The van der Waals surface area contributed by atoms with E-state index in [1.165, 1.54) is 0 Å². The number of hydrogen-bond donors (Lipinski definition) is 4. The summed E-state index contributed by atoms with van der Waals surface area (Å²) in [5.74, 6) is 0.272. The van der Waals surface area contributed by atoms with Crippen molar-refractivity contribution in [2.75, 3.05) is 13.7 Å². The fourth-order valence-corrected chi connectivity index (χ4v) is 3.05. The van der Waals surface area contributed by atoms with Crippen molar-refractivity contribution in [1.82, 2.24) is 15.5 Å². The maximum absolute atomic E-state index is 12.3. The first-order chi connectivity index (χ1) is 11.6. The average Bonchev–Trinajstić information content (AvgIpc) is 3.21. The maximum Gasteiger partial charge on any atom is 0.269 e. The molecule has 0 spiro atoms. The highest BCUT2D eigenvalue weighted by Crippen LogP contribution is 2.26. The Bertz CT molecular complexity index is 715. The fraction of sp³-hybridized carbons (Fsp3) is 0.412. The zero-order valence-electron chi connectivity index (χ0n) is 13.4. The predicted molar refractivity (Wildman–Crippen MR) is 87.6 cm³/mol. The molecule has 1 fully saturated rings. The number of aromatic nitrogens is 2. The number of methoxy groups -OCH3 is 1. The molecule has 3 atom stereocenters. The van der Waals surface area contributed by atoms with Crippen molar-refractivity contribution < 1.29 is 19.7 Å². The molecule has 128 valence electrons. The van der Waals surface area contributed by atoms with Crippen LogP contribution in [0.2, 0.25) is 0 Å². The summed E-state index contributed by atoms with van der Waals surface area (Å²) in [5.41, 5.74) is 1.86. The number of carbonyl (C=O) groups is 1. The van der Waals surface area contributed by atoms with E-state index in [-0.39, 0.29) is 24.5 Å². The molecule has 3 rings (SSSR count). The van der Waals surface area contributed by atoms with Crippen molar-refractivity contribution in [3.8, 4) is 17.0 Å². The third-order valence-corrected chi connectivity index (χ3v) is 4.42. The molecule has 1 amide bonds. The number of H-pyrrole nitrogens is 1. The minimum absolute atomic E-state index is 0.0718. The van der Waals surface area contributed by atoms with E-state index in [1.54, 1.807) is 13.2 Å². The molecule has 0 unspecified atom stereocenters. The van der Waals surface area contributed by atoms with Crippen LogP contribution < -0.4 is 10.1 Å². The number of aromatic amines is 1. The Morgan fingerprint density at radius 2 is 2.25 bits per heavy atom. The standard InChI is InChI=1S/C17H21N3O4/c1-24-13-4-2-3-10(6-13)14-8-15(20-19-14)17(23)18-12-5-11(9-21)16(22)7-12/h2-4,6,8,11-12,16,21-22H,5,7,9H2,1H3,(H,18,23)(H,19,20)/t11-,12+,16+/m1/s1. The Hall–Kier alpha value is -2.38. The van der Waals surface area contributed by atoms with Crippen LogP contribution in [0.25, 0.3) is 11.3 Å². The number of hydrogen-bond acceptors (Lipinski definition) is 5. The van der Waals surface area contributed by atoms with Gasteiger partial charge in [0.25, 0.3) is 5.91 Å². The summed E-state index contributed by atoms with van der Waals surface area (Å²) in [6.07, 6.45) is 0.447. The van der Waals surface area contributed by atoms with Gasteiger partial charge < -0.3 is 20.3 Å². The van der Waals surface area contributed by atoms with Crippen molar-refractivity contribution in [3.05, 3.63) is 36.0 Å². The van der Waals surface area contributed by atoms with Crippen molar-refractivity contribution in [3.63, 3.8) is 0 Å². The molecule has 0 aliphatic heterocycles. The highest BCUT2D eigenvalue weighted by Gasteiger charge is 2.33. The molecule has 1 aromatic heterocycles. The molecule has 2 aromatic rings. The number of rotatable bonds is 5. The molecule has 1 aliphatic carbocycles. The van der Waals surface area contributed by atoms with E-state index in [2.05, 4.69) is 15.5 Å². The van der Waals surface area contributed by atoms with Gasteiger partial charge in [-0.25, -0.2) is 0 Å². The SMILES string of the molecule is COc1cccc(-c2cc(C(=O)N[C@H]3C[C@H](CO)[C@@H](O)C3)[nH]n2)c1. The van der Waals surface area contributed by atoms with E-state index in [0.29, 0.717) is 24.2 Å². The van der Waals surface area contributed by atoms with Gasteiger partial charge >= 0.3 is 0 Å². The van der Waals surface area contributed by atoms with Crippen molar-refractivity contribution in [1.29, 1.82) is 0 Å². The Kier molecular flexibility index (Phi) is 4.82. The number of nitrogens with one attached hydrogen (secondary N) is 2. The molecule has 4 N–H and O–H groups in total. The lowest BCUT2D eigenvalue weighted by Gasteiger charge is -2.11. The number of benzene rings is 1. The summed E-state index contributed by atoms with van der Waals surface area (Å²) in [6.45, 7) is -0.0718. The maximum atomic E-state index is 12.3. The first-order valence-electron chi connectivity index (χ1n) is 7.90. The van der Waals surface area contributed by atoms with E-state index >= 15 is 0 Å². The van der Waals surface area contributed by atoms with Gasteiger partial charge in [-0.3, -0.25) is 9.89 Å². The van der Waals surface area contributed by atoms with Crippen molar-refractivity contribution in [2.45, 2.75) is 25.0 Å². The van der Waals surface area contributed by atoms with Gasteiger partial charge in [0.05, 0.1) is 18.9 Å². The number of aliphatic hydroxyl groups excluding tert-OH is 2. The van der Waals surface area contributed by atoms with Gasteiger partial charge in [-0.1, -0.05) is 12.1 Å². The van der Waals surface area contributed by atoms with Crippen LogP contribution >= 0.6 is 0 Å². The van der Waals surface area contributed by atoms with Gasteiger partial charge in [-0.2, -0.15) is 5.10 Å². The number of amides is 1. The Labute approximate surface area is 139 Å². The zero-order chi connectivity index (χ0) is 17.1. The molecule has 7 nitrogen and oxygen atoms in total. The highest BCUT2D eigenvalue weighted by atomic mass is 16.5. The van der Waals surface area contributed by atoms with Crippen molar-refractivity contribution >= 4 is 5.91 Å². The second kappa shape index (κ2) is 7.02. The smallest absolute Gasteiger partial charge is 0.269 e. The van der Waals surface area contributed by atoms with Gasteiger partial charge in [0.2, 0.25) is 0 Å². The Morgan fingerprint density at radius 1 is 1.42 bits per heavy atom. The monoisotopic (exact) mass is 331 g/mol. The second-order valence-electron chi connectivity index (χ2n) is 6.05. The largest absolute Gasteiger partial charge is 0.497 e. The number of nitrogens with zero attached hydrogens (tertiary/aromatic N) is 1. The lowest BCUT2D eigenvalue weighted by molar-refractivity contribution is 0.0902. The van der Waals surface area contributed by atoms with E-state index in [1.807, 2.05) is 24.3 Å². The van der Waals surface area contributed by atoms with Gasteiger partial charge in [-0.05, 0) is 31.0 Å². The molecule has 24 heavy (non-hydrogen) atoms. The molecule has 0 radical (unpaired) electrons. The third-order valence-electron chi connectivity index (χ3n) is 4.42. The summed E-state index contributed by atoms with van der Waals surface area (Å²) >= 11 is 0. The van der Waals surface area contributed by atoms with Crippen LogP contribution in [-0.4, -0.2) is 52.2 Å². The van der Waals surface area contributed by atoms with Crippen LogP contribution in [0.15, 0.2) is 30.3 Å². The second-order valence-corrected chi connectivity index (χ2v) is 6.05. The number of aliphatic hydroxyl groups is 2. The first kappa shape index (κ1) is 16.5. The minimum atomic E-state index is -0.575. The quantitative estimate of drug-likeness (QED) is 0.652. The third kappa shape index (κ3) is 3.42. The molecular weight excluding hydrogens is 310 g/mol. The molecule has 1 heterocycles. The summed E-state index contributed by atoms with van der Waals surface area (Å²) in [4.78, 5) is 12.3. The van der Waals surface area contributed by atoms with Gasteiger partial charge in [-0.15, -0.1) is 0 Å². The molecule has 7 heteroatoms. The van der Waals surface area contributed by atoms with E-state index in [9.17, 15) is 15.0 Å². The lowest BCUT2D eigenvalue weighted by Crippen LogP contribution is -2.33. The zero-order valence-corrected chi connectivity index (χ0v) is 13.4. The first-order valence-corrected chi connectivity index (χ1v) is 7.90. The van der Waals surface area contributed by atoms with Crippen molar-refractivity contribution in [2.24, 2.45) is 5.92 Å². The van der Waals surface area contributed by atoms with E-state index in [4.69, 9.17) is 4.74 Å². The Balaban J connectivity index is 1.68. The van der Waals surface area contributed by atoms with E-state index in [0.717, 1.165) is 11.3 Å². The summed E-state index contributed by atoms with van der Waals surface area (Å²) in [5, 5.41) is 28.8. The van der Waals surface area contributed by atoms with Crippen LogP contribution in [-0.2, 0) is 0 Å². The molecule has 0 saturated heterocycles. The summed E-state index contributed by atoms with van der Waals surface area (Å²) in [6, 6.07) is 8.97. The highest BCUT2D eigenvalue weighted by molar-refractivity contribution is 5.93. The predicted octanol–water partition coefficient (Wildman–Crippen LogP) is 0.947. The summed E-state index contributed by atoms with van der Waals surface area (Å²) < 4.78 is 5.19. The Morgan fingerprint density at radius 3 is 2.96 bits per heavy atom. The molecule has 0 bridgehead atoms. The topological polar surface area (TPSA) is 107 Å². The normalized spacial score (nSPS) is 23.2. The summed E-state index contributed by atoms with van der Waals surface area (Å²) in [7, 11) is 1.60. The van der Waals surface area contributed by atoms with Gasteiger partial charge in [0.15, 0.2) is 0 Å². The van der Waals surface area contributed by atoms with Crippen LogP contribution in [0, 0.1) is 5.92 Å². The van der Waals surface area contributed by atoms with Gasteiger partial charge in [0, 0.05) is 24.1 Å². The van der Waals surface area contributed by atoms with E-state index < -0.39 is 6.10 Å².